The van der Waals surface area contributed by atoms with Gasteiger partial charge in [0.15, 0.2) is 5.78 Å². The number of pyridine rings is 1. The number of nitriles is 1. The number of nitrogens with zero attached hydrogens (tertiary/aromatic N) is 2. The SMILES string of the molecule is Cc1ccc(C(=O)NCC(=O)[C@H](C#N)c2ncc(C(F)(F)F)cc2Cl)s1. The molecular formula is C16H11ClF3N3O2S. The maximum absolute atomic E-state index is 12.6. The minimum absolute atomic E-state index is 0.284. The van der Waals surface area contributed by atoms with Gasteiger partial charge in [-0.05, 0) is 25.1 Å². The highest BCUT2D eigenvalue weighted by atomic mass is 35.5. The summed E-state index contributed by atoms with van der Waals surface area (Å²) in [6.07, 6.45) is -4.14. The van der Waals surface area contributed by atoms with E-state index in [1.54, 1.807) is 18.2 Å². The lowest BCUT2D eigenvalue weighted by atomic mass is 10.0. The lowest BCUT2D eigenvalue weighted by Crippen LogP contribution is -2.32. The van der Waals surface area contributed by atoms with Crippen LogP contribution in [0.1, 0.15) is 31.7 Å². The average molecular weight is 402 g/mol. The third-order valence-electron chi connectivity index (χ3n) is 3.31. The molecule has 136 valence electrons. The van der Waals surface area contributed by atoms with E-state index in [1.807, 2.05) is 6.92 Å². The van der Waals surface area contributed by atoms with Crippen molar-refractivity contribution in [2.45, 2.75) is 19.0 Å². The van der Waals surface area contributed by atoms with Crippen molar-refractivity contribution >= 4 is 34.6 Å². The van der Waals surface area contributed by atoms with Crippen LogP contribution < -0.4 is 5.32 Å². The molecule has 0 bridgehead atoms. The molecule has 1 N–H and O–H groups in total. The first kappa shape index (κ1) is 19.9. The first-order valence-corrected chi connectivity index (χ1v) is 8.32. The van der Waals surface area contributed by atoms with Gasteiger partial charge in [-0.2, -0.15) is 18.4 Å². The fourth-order valence-electron chi connectivity index (χ4n) is 2.01. The largest absolute Gasteiger partial charge is 0.417 e. The molecule has 2 heterocycles. The number of aromatic nitrogens is 1. The number of alkyl halides is 3. The number of carbonyl (C=O) groups excluding carboxylic acids is 2. The van der Waals surface area contributed by atoms with Gasteiger partial charge >= 0.3 is 6.18 Å². The third-order valence-corrected chi connectivity index (χ3v) is 4.61. The molecule has 0 saturated carbocycles. The van der Waals surface area contributed by atoms with Crippen LogP contribution in [0.4, 0.5) is 13.2 Å². The Labute approximate surface area is 155 Å². The standard InChI is InChI=1S/C16H11ClF3N3O2S/c1-8-2-3-13(26-8)15(25)23-7-12(24)10(5-21)14-11(17)4-9(6-22-14)16(18,19)20/h2-4,6,10H,7H2,1H3,(H,23,25)/t10-/m0/s1. The van der Waals surface area contributed by atoms with Gasteiger partial charge in [-0.3, -0.25) is 14.6 Å². The summed E-state index contributed by atoms with van der Waals surface area (Å²) >= 11 is 7.00. The summed E-state index contributed by atoms with van der Waals surface area (Å²) < 4.78 is 37.9. The number of nitrogens with one attached hydrogen (secondary N) is 1. The number of ketones is 1. The molecule has 0 aliphatic rings. The number of halogens is 4. The Balaban J connectivity index is 2.11. The lowest BCUT2D eigenvalue weighted by molar-refractivity contribution is -0.137. The maximum Gasteiger partial charge on any atom is 0.417 e. The number of amides is 1. The second-order valence-corrected chi connectivity index (χ2v) is 6.91. The molecule has 5 nitrogen and oxygen atoms in total. The summed E-state index contributed by atoms with van der Waals surface area (Å²) in [6.45, 7) is 1.34. The summed E-state index contributed by atoms with van der Waals surface area (Å²) in [6, 6.07) is 5.60. The molecule has 10 heteroatoms. The van der Waals surface area contributed by atoms with Crippen molar-refractivity contribution in [1.82, 2.24) is 10.3 Å². The van der Waals surface area contributed by atoms with Gasteiger partial charge in [-0.15, -0.1) is 11.3 Å². The highest BCUT2D eigenvalue weighted by Crippen LogP contribution is 2.32. The highest BCUT2D eigenvalue weighted by Gasteiger charge is 2.33. The Kier molecular flexibility index (Phi) is 6.00. The molecular weight excluding hydrogens is 391 g/mol. The van der Waals surface area contributed by atoms with E-state index in [1.165, 1.54) is 11.3 Å². The van der Waals surface area contributed by atoms with Gasteiger partial charge in [0.2, 0.25) is 0 Å². The van der Waals surface area contributed by atoms with Crippen LogP contribution in [0.5, 0.6) is 0 Å². The normalized spacial score (nSPS) is 12.3. The number of thiophene rings is 1. The van der Waals surface area contributed by atoms with Crippen LogP contribution in [-0.4, -0.2) is 23.2 Å². The zero-order valence-corrected chi connectivity index (χ0v) is 14.8. The van der Waals surface area contributed by atoms with Crippen LogP contribution in [0.15, 0.2) is 24.4 Å². The Bertz CT molecular complexity index is 890. The van der Waals surface area contributed by atoms with Crippen molar-refractivity contribution in [2.75, 3.05) is 6.54 Å². The minimum atomic E-state index is -4.64. The van der Waals surface area contributed by atoms with E-state index in [-0.39, 0.29) is 5.69 Å². The zero-order valence-electron chi connectivity index (χ0n) is 13.2. The Morgan fingerprint density at radius 3 is 2.62 bits per heavy atom. The minimum Gasteiger partial charge on any atom is -0.344 e. The molecule has 0 unspecified atom stereocenters. The third kappa shape index (κ3) is 4.59. The molecule has 26 heavy (non-hydrogen) atoms. The average Bonchev–Trinajstić information content (AvgIpc) is 3.00. The summed E-state index contributed by atoms with van der Waals surface area (Å²) in [5.41, 5.74) is -1.37. The molecule has 0 fully saturated rings. The summed E-state index contributed by atoms with van der Waals surface area (Å²) in [4.78, 5) is 29.0. The van der Waals surface area contributed by atoms with Crippen LogP contribution in [0, 0.1) is 18.3 Å². The van der Waals surface area contributed by atoms with Gasteiger partial charge in [0, 0.05) is 11.1 Å². The van der Waals surface area contributed by atoms with E-state index >= 15 is 0 Å². The Hall–Kier alpha value is -2.44. The summed E-state index contributed by atoms with van der Waals surface area (Å²) in [5.74, 6) is -2.71. The first-order chi connectivity index (χ1) is 12.1. The molecule has 1 amide bonds. The van der Waals surface area contributed by atoms with Crippen LogP contribution in [0.2, 0.25) is 5.02 Å². The van der Waals surface area contributed by atoms with Gasteiger partial charge in [-0.25, -0.2) is 0 Å². The lowest BCUT2D eigenvalue weighted by Gasteiger charge is -2.12. The van der Waals surface area contributed by atoms with Crippen molar-refractivity contribution in [3.63, 3.8) is 0 Å². The second-order valence-electron chi connectivity index (χ2n) is 5.21. The van der Waals surface area contributed by atoms with Crippen LogP contribution in [-0.2, 0) is 11.0 Å². The van der Waals surface area contributed by atoms with Crippen LogP contribution in [0.3, 0.4) is 0 Å². The van der Waals surface area contributed by atoms with Crippen molar-refractivity contribution < 1.29 is 22.8 Å². The molecule has 0 spiro atoms. The molecule has 0 aliphatic carbocycles. The van der Waals surface area contributed by atoms with Gasteiger partial charge < -0.3 is 5.32 Å². The predicted molar refractivity (Wildman–Crippen MR) is 89.0 cm³/mol. The van der Waals surface area contributed by atoms with E-state index in [2.05, 4.69) is 10.3 Å². The predicted octanol–water partition coefficient (Wildman–Crippen LogP) is 3.73. The number of hydrogen-bond acceptors (Lipinski definition) is 5. The van der Waals surface area contributed by atoms with E-state index < -0.39 is 40.9 Å². The number of rotatable bonds is 5. The van der Waals surface area contributed by atoms with Crippen LogP contribution >= 0.6 is 22.9 Å². The topological polar surface area (TPSA) is 82.9 Å². The zero-order chi connectivity index (χ0) is 19.5. The fourth-order valence-corrected chi connectivity index (χ4v) is 3.07. The van der Waals surface area contributed by atoms with Gasteiger partial charge in [-0.1, -0.05) is 11.6 Å². The van der Waals surface area contributed by atoms with E-state index in [0.29, 0.717) is 17.1 Å². The first-order valence-electron chi connectivity index (χ1n) is 7.13. The van der Waals surface area contributed by atoms with Crippen molar-refractivity contribution in [3.05, 3.63) is 50.4 Å². The fraction of sp³-hybridized carbons (Fsp3) is 0.250. The quantitative estimate of drug-likeness (QED) is 0.827. The van der Waals surface area contributed by atoms with Gasteiger partial charge in [0.25, 0.3) is 5.91 Å². The number of Topliss-reactive ketones (excluding diaryl/α,β-unsaturated/α-hetero) is 1. The molecule has 0 aromatic carbocycles. The van der Waals surface area contributed by atoms with E-state index in [4.69, 9.17) is 11.6 Å². The molecule has 2 aromatic heterocycles. The van der Waals surface area contributed by atoms with Crippen molar-refractivity contribution in [2.24, 2.45) is 0 Å². The second kappa shape index (κ2) is 7.85. The van der Waals surface area contributed by atoms with Crippen molar-refractivity contribution in [1.29, 1.82) is 5.26 Å². The number of hydrogen-bond donors (Lipinski definition) is 1. The molecule has 0 aliphatic heterocycles. The Morgan fingerprint density at radius 1 is 1.42 bits per heavy atom. The maximum atomic E-state index is 12.6. The monoisotopic (exact) mass is 401 g/mol. The summed E-state index contributed by atoms with van der Waals surface area (Å²) in [5, 5.41) is 11.1. The molecule has 0 radical (unpaired) electrons. The molecule has 1 atom stereocenters. The van der Waals surface area contributed by atoms with Crippen LogP contribution in [0.25, 0.3) is 0 Å². The van der Waals surface area contributed by atoms with Crippen molar-refractivity contribution in [3.8, 4) is 6.07 Å². The Morgan fingerprint density at radius 2 is 2.12 bits per heavy atom. The molecule has 2 aromatic rings. The molecule has 2 rings (SSSR count). The molecule has 0 saturated heterocycles. The van der Waals surface area contributed by atoms with Gasteiger partial charge in [0.05, 0.1) is 33.8 Å². The number of carbonyl (C=O) groups is 2. The smallest absolute Gasteiger partial charge is 0.344 e. The summed E-state index contributed by atoms with van der Waals surface area (Å²) in [7, 11) is 0. The highest BCUT2D eigenvalue weighted by molar-refractivity contribution is 7.13. The number of aryl methyl sites for hydroxylation is 1. The van der Waals surface area contributed by atoms with E-state index in [0.717, 1.165) is 4.88 Å². The van der Waals surface area contributed by atoms with Gasteiger partial charge in [0.1, 0.15) is 5.92 Å². The van der Waals surface area contributed by atoms with E-state index in [9.17, 15) is 28.0 Å².